The quantitative estimate of drug-likeness (QED) is 0.868. The predicted octanol–water partition coefficient (Wildman–Crippen LogP) is 2.52. The van der Waals surface area contributed by atoms with Crippen molar-refractivity contribution in [2.24, 2.45) is 0 Å². The molecule has 0 saturated carbocycles. The molecule has 1 N–H and O–H groups in total. The number of fused-ring (bicyclic) bond motifs is 1. The summed E-state index contributed by atoms with van der Waals surface area (Å²) in [5.74, 6) is -0.610. The van der Waals surface area contributed by atoms with Gasteiger partial charge in [-0.05, 0) is 37.5 Å². The van der Waals surface area contributed by atoms with Gasteiger partial charge in [-0.25, -0.2) is 9.59 Å². The van der Waals surface area contributed by atoms with Gasteiger partial charge in [-0.15, -0.1) is 0 Å². The van der Waals surface area contributed by atoms with Crippen LogP contribution < -0.4 is 10.4 Å². The van der Waals surface area contributed by atoms with Gasteiger partial charge in [0.2, 0.25) is 0 Å². The van der Waals surface area contributed by atoms with Crippen LogP contribution in [0.4, 0.5) is 0 Å². The van der Waals surface area contributed by atoms with Crippen LogP contribution in [0.2, 0.25) is 0 Å². The van der Waals surface area contributed by atoms with Gasteiger partial charge in [0, 0.05) is 17.5 Å². The van der Waals surface area contributed by atoms with E-state index < -0.39 is 17.7 Å². The molecule has 2 aromatic rings. The number of ether oxygens (including phenoxy) is 1. The molecule has 20 heavy (non-hydrogen) atoms. The van der Waals surface area contributed by atoms with E-state index in [4.69, 9.17) is 14.3 Å². The Labute approximate surface area is 115 Å². The Morgan fingerprint density at radius 2 is 2.10 bits per heavy atom. The highest BCUT2D eigenvalue weighted by Crippen LogP contribution is 2.28. The summed E-state index contributed by atoms with van der Waals surface area (Å²) >= 11 is 0. The van der Waals surface area contributed by atoms with E-state index in [1.165, 1.54) is 13.0 Å². The summed E-state index contributed by atoms with van der Waals surface area (Å²) in [7, 11) is 0. The van der Waals surface area contributed by atoms with Crippen LogP contribution in [0.5, 0.6) is 5.75 Å². The summed E-state index contributed by atoms with van der Waals surface area (Å²) in [4.78, 5) is 22.3. The minimum Gasteiger partial charge on any atom is -0.479 e. The topological polar surface area (TPSA) is 76.7 Å². The van der Waals surface area contributed by atoms with E-state index >= 15 is 0 Å². The van der Waals surface area contributed by atoms with Crippen LogP contribution in [0.3, 0.4) is 0 Å². The third-order valence-corrected chi connectivity index (χ3v) is 3.16. The van der Waals surface area contributed by atoms with Crippen molar-refractivity contribution in [1.29, 1.82) is 0 Å². The lowest BCUT2D eigenvalue weighted by molar-refractivity contribution is -0.144. The smallest absolute Gasteiger partial charge is 0.344 e. The van der Waals surface area contributed by atoms with Crippen molar-refractivity contribution in [3.8, 4) is 5.75 Å². The van der Waals surface area contributed by atoms with Gasteiger partial charge >= 0.3 is 11.6 Å². The molecule has 0 amide bonds. The third kappa shape index (κ3) is 2.66. The lowest BCUT2D eigenvalue weighted by atomic mass is 10.1. The minimum atomic E-state index is -1.04. The van der Waals surface area contributed by atoms with Gasteiger partial charge in [-0.2, -0.15) is 0 Å². The van der Waals surface area contributed by atoms with Crippen molar-refractivity contribution in [3.05, 3.63) is 39.7 Å². The number of carboxylic acid groups (broad SMARTS) is 1. The zero-order valence-corrected chi connectivity index (χ0v) is 11.6. The SMILES string of the molecule is CCc1cc2c(C)cc(=O)oc2cc1O[C@H](C)C(=O)O. The number of hydrogen-bond acceptors (Lipinski definition) is 4. The average Bonchev–Trinajstić information content (AvgIpc) is 2.37. The predicted molar refractivity (Wildman–Crippen MR) is 74.3 cm³/mol. The number of aliphatic carboxylic acids is 1. The van der Waals surface area contributed by atoms with E-state index in [1.807, 2.05) is 19.9 Å². The highest BCUT2D eigenvalue weighted by molar-refractivity contribution is 5.83. The Bertz CT molecular complexity index is 714. The lowest BCUT2D eigenvalue weighted by Gasteiger charge is -2.15. The first-order chi connectivity index (χ1) is 9.42. The molecule has 1 atom stereocenters. The second-order valence-electron chi connectivity index (χ2n) is 4.66. The maximum absolute atomic E-state index is 11.4. The molecule has 1 heterocycles. The van der Waals surface area contributed by atoms with Crippen molar-refractivity contribution < 1.29 is 19.1 Å². The summed E-state index contributed by atoms with van der Waals surface area (Å²) in [6, 6.07) is 4.89. The van der Waals surface area contributed by atoms with Crippen LogP contribution in [0.1, 0.15) is 25.0 Å². The van der Waals surface area contributed by atoms with Crippen molar-refractivity contribution in [2.45, 2.75) is 33.3 Å². The molecule has 5 nitrogen and oxygen atoms in total. The molecule has 0 unspecified atom stereocenters. The Hall–Kier alpha value is -2.30. The number of hydrogen-bond donors (Lipinski definition) is 1. The molecule has 0 aliphatic heterocycles. The van der Waals surface area contributed by atoms with E-state index in [0.29, 0.717) is 17.8 Å². The second kappa shape index (κ2) is 5.36. The van der Waals surface area contributed by atoms with Gasteiger partial charge in [0.15, 0.2) is 6.10 Å². The van der Waals surface area contributed by atoms with E-state index in [1.54, 1.807) is 6.07 Å². The van der Waals surface area contributed by atoms with Crippen molar-refractivity contribution in [1.82, 2.24) is 0 Å². The Morgan fingerprint density at radius 1 is 1.40 bits per heavy atom. The Morgan fingerprint density at radius 3 is 2.70 bits per heavy atom. The number of carboxylic acids is 1. The van der Waals surface area contributed by atoms with Gasteiger partial charge in [-0.1, -0.05) is 6.92 Å². The summed E-state index contributed by atoms with van der Waals surface area (Å²) in [6.07, 6.45) is -0.273. The summed E-state index contributed by atoms with van der Waals surface area (Å²) < 4.78 is 10.6. The monoisotopic (exact) mass is 276 g/mol. The second-order valence-corrected chi connectivity index (χ2v) is 4.66. The van der Waals surface area contributed by atoms with Gasteiger partial charge in [0.1, 0.15) is 11.3 Å². The van der Waals surface area contributed by atoms with Crippen molar-refractivity contribution >= 4 is 16.9 Å². The molecule has 0 bridgehead atoms. The third-order valence-electron chi connectivity index (χ3n) is 3.16. The summed E-state index contributed by atoms with van der Waals surface area (Å²) in [6.45, 7) is 5.24. The van der Waals surface area contributed by atoms with Gasteiger partial charge < -0.3 is 14.3 Å². The molecule has 0 aliphatic rings. The standard InChI is InChI=1S/C15H16O5/c1-4-10-6-11-8(2)5-14(16)20-13(11)7-12(10)19-9(3)15(17)18/h5-7,9H,4H2,1-3H3,(H,17,18)/t9-/m1/s1. The number of rotatable bonds is 4. The number of carbonyl (C=O) groups is 1. The Kier molecular flexibility index (Phi) is 3.79. The summed E-state index contributed by atoms with van der Waals surface area (Å²) in [5.41, 5.74) is 1.67. The van der Waals surface area contributed by atoms with Gasteiger partial charge in [-0.3, -0.25) is 0 Å². The highest BCUT2D eigenvalue weighted by Gasteiger charge is 2.16. The van der Waals surface area contributed by atoms with Crippen LogP contribution in [-0.2, 0) is 11.2 Å². The molecular formula is C15H16O5. The largest absolute Gasteiger partial charge is 0.479 e. The molecule has 106 valence electrons. The zero-order valence-electron chi connectivity index (χ0n) is 11.6. The van der Waals surface area contributed by atoms with E-state index in [0.717, 1.165) is 16.5 Å². The fourth-order valence-electron chi connectivity index (χ4n) is 2.02. The van der Waals surface area contributed by atoms with Crippen LogP contribution in [0, 0.1) is 6.92 Å². The van der Waals surface area contributed by atoms with Crippen molar-refractivity contribution in [3.63, 3.8) is 0 Å². The fourth-order valence-corrected chi connectivity index (χ4v) is 2.02. The highest BCUT2D eigenvalue weighted by atomic mass is 16.5. The maximum Gasteiger partial charge on any atom is 0.344 e. The van der Waals surface area contributed by atoms with Crippen LogP contribution in [-0.4, -0.2) is 17.2 Å². The fraction of sp³-hybridized carbons (Fsp3) is 0.333. The molecule has 5 heteroatoms. The molecule has 1 aromatic heterocycles. The maximum atomic E-state index is 11.4. The minimum absolute atomic E-state index is 0.403. The number of benzene rings is 1. The van der Waals surface area contributed by atoms with Crippen LogP contribution >= 0.6 is 0 Å². The van der Waals surface area contributed by atoms with E-state index in [2.05, 4.69) is 0 Å². The van der Waals surface area contributed by atoms with Gasteiger partial charge in [0.05, 0.1) is 0 Å². The molecular weight excluding hydrogens is 260 g/mol. The van der Waals surface area contributed by atoms with Crippen LogP contribution in [0.25, 0.3) is 11.0 Å². The van der Waals surface area contributed by atoms with Crippen LogP contribution in [0.15, 0.2) is 27.4 Å². The molecule has 1 aromatic carbocycles. The van der Waals surface area contributed by atoms with E-state index in [9.17, 15) is 9.59 Å². The lowest BCUT2D eigenvalue weighted by Crippen LogP contribution is -2.23. The average molecular weight is 276 g/mol. The van der Waals surface area contributed by atoms with E-state index in [-0.39, 0.29) is 0 Å². The molecule has 0 saturated heterocycles. The first-order valence-corrected chi connectivity index (χ1v) is 6.39. The Balaban J connectivity index is 2.59. The molecule has 0 radical (unpaired) electrons. The molecule has 0 aliphatic carbocycles. The normalized spacial score (nSPS) is 12.3. The van der Waals surface area contributed by atoms with Gasteiger partial charge in [0.25, 0.3) is 0 Å². The summed E-state index contributed by atoms with van der Waals surface area (Å²) in [5, 5.41) is 9.74. The molecule has 0 fully saturated rings. The first kappa shape index (κ1) is 14.1. The first-order valence-electron chi connectivity index (χ1n) is 6.39. The van der Waals surface area contributed by atoms with Crippen molar-refractivity contribution in [2.75, 3.05) is 0 Å². The number of aryl methyl sites for hydroxylation is 2. The molecule has 0 spiro atoms. The zero-order chi connectivity index (χ0) is 14.9. The molecule has 2 rings (SSSR count).